The van der Waals surface area contributed by atoms with Crippen LogP contribution in [-0.4, -0.2) is 41.0 Å². The lowest BCUT2D eigenvalue weighted by molar-refractivity contribution is -0.137. The SMILES string of the molecule is Cc1ccc(CN(Cc2ccc3c(c2)OCO3)C(=O)CN(C(=O)c2cccc(C(F)(F)F)c2)C2CC2)o1. The quantitative estimate of drug-likeness (QED) is 0.415. The van der Waals surface area contributed by atoms with Crippen LogP contribution in [0, 0.1) is 6.92 Å². The molecule has 2 aliphatic rings. The van der Waals surface area contributed by atoms with E-state index in [1.807, 2.05) is 6.07 Å². The Morgan fingerprint density at radius 3 is 2.46 bits per heavy atom. The van der Waals surface area contributed by atoms with Gasteiger partial charge in [-0.1, -0.05) is 12.1 Å². The Morgan fingerprint density at radius 1 is 0.973 bits per heavy atom. The summed E-state index contributed by atoms with van der Waals surface area (Å²) in [6.45, 7) is 2.05. The molecule has 1 aromatic heterocycles. The molecule has 2 heterocycles. The average Bonchev–Trinajstić information content (AvgIpc) is 3.46. The van der Waals surface area contributed by atoms with Crippen molar-refractivity contribution < 1.29 is 36.7 Å². The lowest BCUT2D eigenvalue weighted by atomic mass is 10.1. The molecule has 5 rings (SSSR count). The summed E-state index contributed by atoms with van der Waals surface area (Å²) in [5.74, 6) is 1.53. The molecule has 10 heteroatoms. The maximum atomic E-state index is 13.6. The molecule has 2 amide bonds. The first-order valence-corrected chi connectivity index (χ1v) is 11.9. The lowest BCUT2D eigenvalue weighted by Gasteiger charge is -2.27. The zero-order chi connectivity index (χ0) is 26.2. The molecule has 3 aromatic rings. The Hall–Kier alpha value is -3.95. The van der Waals surface area contributed by atoms with Crippen molar-refractivity contribution in [2.45, 2.75) is 45.1 Å². The second kappa shape index (κ2) is 9.84. The Balaban J connectivity index is 1.37. The molecule has 0 atom stereocenters. The summed E-state index contributed by atoms with van der Waals surface area (Å²) in [5, 5.41) is 0. The number of fused-ring (bicyclic) bond motifs is 1. The Bertz CT molecular complexity index is 1320. The molecule has 0 unspecified atom stereocenters. The zero-order valence-corrected chi connectivity index (χ0v) is 20.1. The molecule has 0 N–H and O–H groups in total. The summed E-state index contributed by atoms with van der Waals surface area (Å²) in [6, 6.07) is 13.1. The largest absolute Gasteiger partial charge is 0.464 e. The Morgan fingerprint density at radius 2 is 1.76 bits per heavy atom. The van der Waals surface area contributed by atoms with Crippen molar-refractivity contribution in [1.82, 2.24) is 9.80 Å². The van der Waals surface area contributed by atoms with Gasteiger partial charge in [0.15, 0.2) is 11.5 Å². The van der Waals surface area contributed by atoms with Crippen LogP contribution in [0.25, 0.3) is 0 Å². The normalized spacial score (nSPS) is 14.5. The summed E-state index contributed by atoms with van der Waals surface area (Å²) in [4.78, 5) is 29.7. The van der Waals surface area contributed by atoms with Crippen molar-refractivity contribution in [2.75, 3.05) is 13.3 Å². The number of ether oxygens (including phenoxy) is 2. The fourth-order valence-electron chi connectivity index (χ4n) is 4.24. The van der Waals surface area contributed by atoms with Crippen molar-refractivity contribution in [2.24, 2.45) is 0 Å². The molecule has 37 heavy (non-hydrogen) atoms. The second-order valence-electron chi connectivity index (χ2n) is 9.19. The van der Waals surface area contributed by atoms with Gasteiger partial charge in [-0.25, -0.2) is 0 Å². The third-order valence-corrected chi connectivity index (χ3v) is 6.30. The van der Waals surface area contributed by atoms with Gasteiger partial charge in [-0.15, -0.1) is 0 Å². The van der Waals surface area contributed by atoms with Gasteiger partial charge in [-0.2, -0.15) is 13.2 Å². The van der Waals surface area contributed by atoms with E-state index in [0.29, 0.717) is 35.9 Å². The minimum absolute atomic E-state index is 0.0986. The van der Waals surface area contributed by atoms with E-state index in [2.05, 4.69) is 0 Å². The van der Waals surface area contributed by atoms with E-state index in [4.69, 9.17) is 13.9 Å². The highest BCUT2D eigenvalue weighted by molar-refractivity contribution is 5.97. The fourth-order valence-corrected chi connectivity index (χ4v) is 4.24. The molecular weight excluding hydrogens is 489 g/mol. The van der Waals surface area contributed by atoms with Gasteiger partial charge in [0, 0.05) is 18.2 Å². The van der Waals surface area contributed by atoms with E-state index in [-0.39, 0.29) is 43.9 Å². The van der Waals surface area contributed by atoms with Crippen molar-refractivity contribution in [3.05, 3.63) is 82.8 Å². The predicted octanol–water partition coefficient (Wildman–Crippen LogP) is 5.17. The van der Waals surface area contributed by atoms with E-state index >= 15 is 0 Å². The number of aryl methyl sites for hydroxylation is 1. The first-order chi connectivity index (χ1) is 17.7. The predicted molar refractivity (Wildman–Crippen MR) is 126 cm³/mol. The number of alkyl halides is 3. The number of carbonyl (C=O) groups excluding carboxylic acids is 2. The minimum Gasteiger partial charge on any atom is -0.464 e. The van der Waals surface area contributed by atoms with Crippen LogP contribution in [-0.2, 0) is 24.1 Å². The van der Waals surface area contributed by atoms with Crippen molar-refractivity contribution in [1.29, 1.82) is 0 Å². The van der Waals surface area contributed by atoms with Crippen LogP contribution in [0.3, 0.4) is 0 Å². The van der Waals surface area contributed by atoms with Crippen LogP contribution >= 0.6 is 0 Å². The molecule has 194 valence electrons. The van der Waals surface area contributed by atoms with Gasteiger partial charge in [-0.3, -0.25) is 9.59 Å². The number of furan rings is 1. The topological polar surface area (TPSA) is 72.2 Å². The molecule has 1 saturated carbocycles. The van der Waals surface area contributed by atoms with Crippen molar-refractivity contribution in [3.8, 4) is 11.5 Å². The van der Waals surface area contributed by atoms with Crippen LogP contribution < -0.4 is 9.47 Å². The van der Waals surface area contributed by atoms with Gasteiger partial charge in [-0.05, 0) is 67.8 Å². The second-order valence-corrected chi connectivity index (χ2v) is 9.19. The molecule has 7 nitrogen and oxygen atoms in total. The van der Waals surface area contributed by atoms with E-state index in [1.165, 1.54) is 17.0 Å². The van der Waals surface area contributed by atoms with Crippen molar-refractivity contribution >= 4 is 11.8 Å². The maximum absolute atomic E-state index is 13.6. The molecule has 0 spiro atoms. The van der Waals surface area contributed by atoms with Gasteiger partial charge in [0.25, 0.3) is 5.91 Å². The van der Waals surface area contributed by atoms with E-state index in [1.54, 1.807) is 36.1 Å². The Kier molecular flexibility index (Phi) is 6.57. The first-order valence-electron chi connectivity index (χ1n) is 11.9. The standard InChI is InChI=1S/C27H25F3N2O5/c1-17-5-9-22(37-17)14-31(13-18-6-10-23-24(11-18)36-16-35-23)25(33)15-32(21-7-8-21)26(34)19-3-2-4-20(12-19)27(28,29)30/h2-6,9-12,21H,7-8,13-16H2,1H3. The van der Waals surface area contributed by atoms with E-state index < -0.39 is 17.6 Å². The van der Waals surface area contributed by atoms with Gasteiger partial charge in [0.2, 0.25) is 12.7 Å². The van der Waals surface area contributed by atoms with Gasteiger partial charge >= 0.3 is 6.18 Å². The Labute approximate surface area is 211 Å². The number of hydrogen-bond acceptors (Lipinski definition) is 5. The number of carbonyl (C=O) groups is 2. The molecular formula is C27H25F3N2O5. The molecule has 0 radical (unpaired) electrons. The summed E-state index contributed by atoms with van der Waals surface area (Å²) >= 11 is 0. The van der Waals surface area contributed by atoms with Crippen LogP contribution in [0.2, 0.25) is 0 Å². The third-order valence-electron chi connectivity index (χ3n) is 6.30. The average molecular weight is 515 g/mol. The number of amides is 2. The van der Waals surface area contributed by atoms with Crippen LogP contribution in [0.4, 0.5) is 13.2 Å². The highest BCUT2D eigenvalue weighted by Crippen LogP contribution is 2.34. The fraction of sp³-hybridized carbons (Fsp3) is 0.333. The highest BCUT2D eigenvalue weighted by Gasteiger charge is 2.37. The zero-order valence-electron chi connectivity index (χ0n) is 20.1. The number of hydrogen-bond donors (Lipinski definition) is 0. The molecule has 1 fully saturated rings. The van der Waals surface area contributed by atoms with E-state index in [0.717, 1.165) is 17.7 Å². The number of rotatable bonds is 8. The lowest BCUT2D eigenvalue weighted by Crippen LogP contribution is -2.43. The van der Waals surface area contributed by atoms with Gasteiger partial charge in [0.1, 0.15) is 18.1 Å². The van der Waals surface area contributed by atoms with Crippen LogP contribution in [0.15, 0.2) is 59.0 Å². The molecule has 0 saturated heterocycles. The third kappa shape index (κ3) is 5.73. The number of halogens is 3. The van der Waals surface area contributed by atoms with E-state index in [9.17, 15) is 22.8 Å². The van der Waals surface area contributed by atoms with Gasteiger partial charge in [0.05, 0.1) is 12.1 Å². The van der Waals surface area contributed by atoms with Crippen LogP contribution in [0.1, 0.15) is 45.8 Å². The minimum atomic E-state index is -4.57. The molecule has 2 aromatic carbocycles. The summed E-state index contributed by atoms with van der Waals surface area (Å²) in [6.07, 6.45) is -3.19. The molecule has 0 bridgehead atoms. The highest BCUT2D eigenvalue weighted by atomic mass is 19.4. The summed E-state index contributed by atoms with van der Waals surface area (Å²) in [7, 11) is 0. The molecule has 1 aliphatic heterocycles. The smallest absolute Gasteiger partial charge is 0.416 e. The van der Waals surface area contributed by atoms with Gasteiger partial charge < -0.3 is 23.7 Å². The van der Waals surface area contributed by atoms with Crippen molar-refractivity contribution in [3.63, 3.8) is 0 Å². The maximum Gasteiger partial charge on any atom is 0.416 e. The first kappa shape index (κ1) is 24.7. The monoisotopic (exact) mass is 514 g/mol. The number of benzene rings is 2. The summed E-state index contributed by atoms with van der Waals surface area (Å²) < 4.78 is 56.1. The molecule has 1 aliphatic carbocycles. The number of nitrogens with zero attached hydrogens (tertiary/aromatic N) is 2. The van der Waals surface area contributed by atoms with Crippen LogP contribution in [0.5, 0.6) is 11.5 Å². The summed E-state index contributed by atoms with van der Waals surface area (Å²) in [5.41, 5.74) is -0.209.